The molecule has 2 aromatic rings. The second-order valence-corrected chi connectivity index (χ2v) is 4.94. The van der Waals surface area contributed by atoms with Crippen molar-refractivity contribution in [2.45, 2.75) is 6.42 Å². The molecule has 0 unspecified atom stereocenters. The van der Waals surface area contributed by atoms with Crippen molar-refractivity contribution in [3.63, 3.8) is 0 Å². The first-order valence-electron chi connectivity index (χ1n) is 6.38. The molecule has 0 atom stereocenters. The van der Waals surface area contributed by atoms with Gasteiger partial charge in [-0.1, -0.05) is 24.3 Å². The third kappa shape index (κ3) is 1.84. The number of nitrogens with zero attached hydrogens (tertiary/aromatic N) is 2. The first-order chi connectivity index (χ1) is 8.75. The molecule has 0 amide bonds. The van der Waals surface area contributed by atoms with Crippen LogP contribution in [-0.2, 0) is 6.42 Å². The molecule has 2 nitrogen and oxygen atoms in total. The number of benzene rings is 2. The highest BCUT2D eigenvalue weighted by Gasteiger charge is 2.19. The van der Waals surface area contributed by atoms with Crippen molar-refractivity contribution in [1.29, 1.82) is 0 Å². The summed E-state index contributed by atoms with van der Waals surface area (Å²) in [5.74, 6) is 0. The van der Waals surface area contributed by atoms with Gasteiger partial charge in [-0.05, 0) is 36.2 Å². The number of hydrogen-bond donors (Lipinski definition) is 0. The molecule has 0 bridgehead atoms. The van der Waals surface area contributed by atoms with E-state index in [-0.39, 0.29) is 0 Å². The van der Waals surface area contributed by atoms with Crippen LogP contribution in [0.15, 0.2) is 48.5 Å². The quantitative estimate of drug-likeness (QED) is 0.790. The highest BCUT2D eigenvalue weighted by molar-refractivity contribution is 5.72. The average Bonchev–Trinajstić information content (AvgIpc) is 2.82. The Balaban J connectivity index is 2.00. The number of hydrogen-bond acceptors (Lipinski definition) is 2. The molecule has 2 aromatic carbocycles. The number of para-hydroxylation sites is 1. The predicted molar refractivity (Wildman–Crippen MR) is 77.9 cm³/mol. The first kappa shape index (κ1) is 11.1. The van der Waals surface area contributed by atoms with Gasteiger partial charge in [0.05, 0.1) is 0 Å². The summed E-state index contributed by atoms with van der Waals surface area (Å²) in [5.41, 5.74) is 5.34. The summed E-state index contributed by atoms with van der Waals surface area (Å²) in [5, 5.41) is 0. The molecule has 0 radical (unpaired) electrons. The molecule has 1 heterocycles. The Bertz CT molecular complexity index is 561. The van der Waals surface area contributed by atoms with Crippen LogP contribution < -0.4 is 9.80 Å². The van der Waals surface area contributed by atoms with E-state index in [0.29, 0.717) is 0 Å². The summed E-state index contributed by atoms with van der Waals surface area (Å²) < 4.78 is 0. The third-order valence-electron chi connectivity index (χ3n) is 3.54. The van der Waals surface area contributed by atoms with E-state index in [2.05, 4.69) is 72.4 Å². The minimum absolute atomic E-state index is 1.08. The number of rotatable bonds is 2. The Labute approximate surface area is 108 Å². The van der Waals surface area contributed by atoms with E-state index in [0.717, 1.165) is 13.0 Å². The van der Waals surface area contributed by atoms with Gasteiger partial charge in [0.15, 0.2) is 0 Å². The van der Waals surface area contributed by atoms with Crippen LogP contribution in [0.25, 0.3) is 0 Å². The highest BCUT2D eigenvalue weighted by atomic mass is 15.2. The van der Waals surface area contributed by atoms with Gasteiger partial charge in [0, 0.05) is 37.7 Å². The smallest absolute Gasteiger partial charge is 0.0444 e. The van der Waals surface area contributed by atoms with Crippen molar-refractivity contribution in [1.82, 2.24) is 0 Å². The molecule has 0 fully saturated rings. The Hall–Kier alpha value is -1.96. The summed E-state index contributed by atoms with van der Waals surface area (Å²) in [6.45, 7) is 1.08. The zero-order valence-electron chi connectivity index (χ0n) is 10.9. The van der Waals surface area contributed by atoms with E-state index < -0.39 is 0 Å². The van der Waals surface area contributed by atoms with Crippen LogP contribution >= 0.6 is 0 Å². The maximum absolute atomic E-state index is 2.41. The lowest BCUT2D eigenvalue weighted by Crippen LogP contribution is -2.14. The van der Waals surface area contributed by atoms with Gasteiger partial charge in [0.1, 0.15) is 0 Å². The molecule has 0 saturated carbocycles. The van der Waals surface area contributed by atoms with E-state index in [1.54, 1.807) is 0 Å². The van der Waals surface area contributed by atoms with Gasteiger partial charge in [0.25, 0.3) is 0 Å². The Morgan fingerprint density at radius 1 is 1.00 bits per heavy atom. The molecular weight excluding hydrogens is 220 g/mol. The van der Waals surface area contributed by atoms with E-state index in [1.807, 2.05) is 0 Å². The van der Waals surface area contributed by atoms with Gasteiger partial charge in [-0.25, -0.2) is 0 Å². The Kier molecular flexibility index (Phi) is 2.71. The van der Waals surface area contributed by atoms with Crippen LogP contribution in [0.2, 0.25) is 0 Å². The zero-order chi connectivity index (χ0) is 12.5. The van der Waals surface area contributed by atoms with Gasteiger partial charge < -0.3 is 9.80 Å². The molecule has 1 aliphatic rings. The van der Waals surface area contributed by atoms with E-state index in [4.69, 9.17) is 0 Å². The number of fused-ring (bicyclic) bond motifs is 1. The van der Waals surface area contributed by atoms with Crippen molar-refractivity contribution in [3.8, 4) is 0 Å². The van der Waals surface area contributed by atoms with Crippen molar-refractivity contribution in [2.75, 3.05) is 30.4 Å². The summed E-state index contributed by atoms with van der Waals surface area (Å²) in [4.78, 5) is 4.55. The summed E-state index contributed by atoms with van der Waals surface area (Å²) in [6, 6.07) is 17.4. The Morgan fingerprint density at radius 2 is 1.83 bits per heavy atom. The minimum atomic E-state index is 1.08. The fraction of sp³-hybridized carbons (Fsp3) is 0.250. The molecular formula is C16H18N2. The first-order valence-corrected chi connectivity index (χ1v) is 6.38. The van der Waals surface area contributed by atoms with Crippen molar-refractivity contribution in [3.05, 3.63) is 54.1 Å². The fourth-order valence-electron chi connectivity index (χ4n) is 2.55. The lowest BCUT2D eigenvalue weighted by atomic mass is 10.2. The summed E-state index contributed by atoms with van der Waals surface area (Å²) >= 11 is 0. The molecule has 0 N–H and O–H groups in total. The third-order valence-corrected chi connectivity index (χ3v) is 3.54. The van der Waals surface area contributed by atoms with Gasteiger partial charge in [-0.15, -0.1) is 0 Å². The normalized spacial score (nSPS) is 13.6. The van der Waals surface area contributed by atoms with Gasteiger partial charge >= 0.3 is 0 Å². The molecule has 2 heteroatoms. The predicted octanol–water partition coefficient (Wildman–Crippen LogP) is 3.45. The highest BCUT2D eigenvalue weighted by Crippen LogP contribution is 2.35. The molecule has 0 spiro atoms. The molecule has 0 aromatic heterocycles. The molecule has 92 valence electrons. The van der Waals surface area contributed by atoms with Crippen LogP contribution in [0.1, 0.15) is 5.56 Å². The maximum Gasteiger partial charge on any atom is 0.0444 e. The SMILES string of the molecule is CN(C)c1cccc(N2CCc3ccccc32)c1. The lowest BCUT2D eigenvalue weighted by Gasteiger charge is -2.22. The standard InChI is InChI=1S/C16H18N2/c1-17(2)14-7-5-8-15(12-14)18-11-10-13-6-3-4-9-16(13)18/h3-9,12H,10-11H2,1-2H3. The van der Waals surface area contributed by atoms with Gasteiger partial charge in [-0.2, -0.15) is 0 Å². The van der Waals surface area contributed by atoms with Crippen LogP contribution in [0.3, 0.4) is 0 Å². The second kappa shape index (κ2) is 4.37. The second-order valence-electron chi connectivity index (χ2n) is 4.94. The van der Waals surface area contributed by atoms with Crippen LogP contribution in [0.5, 0.6) is 0 Å². The van der Waals surface area contributed by atoms with Crippen molar-refractivity contribution >= 4 is 17.1 Å². The lowest BCUT2D eigenvalue weighted by molar-refractivity contribution is 0.996. The van der Waals surface area contributed by atoms with Crippen LogP contribution in [0, 0.1) is 0 Å². The van der Waals surface area contributed by atoms with Gasteiger partial charge in [-0.3, -0.25) is 0 Å². The molecule has 18 heavy (non-hydrogen) atoms. The summed E-state index contributed by atoms with van der Waals surface area (Å²) in [7, 11) is 4.16. The molecule has 3 rings (SSSR count). The van der Waals surface area contributed by atoms with E-state index in [1.165, 1.54) is 22.6 Å². The minimum Gasteiger partial charge on any atom is -0.378 e. The largest absolute Gasteiger partial charge is 0.378 e. The van der Waals surface area contributed by atoms with Crippen molar-refractivity contribution in [2.24, 2.45) is 0 Å². The maximum atomic E-state index is 2.41. The summed E-state index contributed by atoms with van der Waals surface area (Å²) in [6.07, 6.45) is 1.14. The molecule has 0 aliphatic carbocycles. The fourth-order valence-corrected chi connectivity index (χ4v) is 2.55. The molecule has 1 aliphatic heterocycles. The van der Waals surface area contributed by atoms with Gasteiger partial charge in [0.2, 0.25) is 0 Å². The average molecular weight is 238 g/mol. The number of anilines is 3. The van der Waals surface area contributed by atoms with Crippen LogP contribution in [-0.4, -0.2) is 20.6 Å². The van der Waals surface area contributed by atoms with Crippen LogP contribution in [0.4, 0.5) is 17.1 Å². The van der Waals surface area contributed by atoms with E-state index >= 15 is 0 Å². The topological polar surface area (TPSA) is 6.48 Å². The Morgan fingerprint density at radius 3 is 2.67 bits per heavy atom. The monoisotopic (exact) mass is 238 g/mol. The zero-order valence-corrected chi connectivity index (χ0v) is 10.9. The van der Waals surface area contributed by atoms with E-state index in [9.17, 15) is 0 Å². The van der Waals surface area contributed by atoms with Crippen molar-refractivity contribution < 1.29 is 0 Å². The molecule has 0 saturated heterocycles.